The molecule has 2 atom stereocenters. The second kappa shape index (κ2) is 7.16. The molecular weight excluding hydrogens is 314 g/mol. The first-order valence-corrected chi connectivity index (χ1v) is 9.26. The van der Waals surface area contributed by atoms with Gasteiger partial charge >= 0.3 is 0 Å². The van der Waals surface area contributed by atoms with E-state index >= 15 is 0 Å². The molecule has 2 aliphatic rings. The summed E-state index contributed by atoms with van der Waals surface area (Å²) >= 11 is 0. The van der Waals surface area contributed by atoms with Gasteiger partial charge in [0.25, 0.3) is 0 Å². The smallest absolute Gasteiger partial charge is 0.243 e. The second-order valence-corrected chi connectivity index (χ2v) is 7.69. The summed E-state index contributed by atoms with van der Waals surface area (Å²) < 4.78 is 0. The first-order chi connectivity index (χ1) is 11.9. The van der Waals surface area contributed by atoms with Gasteiger partial charge in [-0.15, -0.1) is 0 Å². The predicted molar refractivity (Wildman–Crippen MR) is 99.4 cm³/mol. The third-order valence-electron chi connectivity index (χ3n) is 6.07. The summed E-state index contributed by atoms with van der Waals surface area (Å²) in [5, 5.41) is 6.35. The Morgan fingerprint density at radius 3 is 2.92 bits per heavy atom. The van der Waals surface area contributed by atoms with Gasteiger partial charge in [-0.1, -0.05) is 25.0 Å². The first kappa shape index (κ1) is 17.9. The Bertz CT molecular complexity index is 673. The Kier molecular flexibility index (Phi) is 5.13. The molecule has 1 saturated heterocycles. The number of fused-ring (bicyclic) bond motifs is 1. The molecule has 2 N–H and O–H groups in total. The van der Waals surface area contributed by atoms with Crippen LogP contribution < -0.4 is 10.6 Å². The summed E-state index contributed by atoms with van der Waals surface area (Å²) in [5.41, 5.74) is 2.73. The molecule has 3 rings (SSSR count). The van der Waals surface area contributed by atoms with Crippen molar-refractivity contribution in [3.8, 4) is 0 Å². The van der Waals surface area contributed by atoms with Crippen LogP contribution in [-0.4, -0.2) is 43.4 Å². The SMILES string of the molecule is Cc1cccc(NC(=O)CN(C)C(=O)[C@@]23CCCC[C@H]2CNC3)c1C. The molecule has 1 aliphatic carbocycles. The molecule has 136 valence electrons. The number of nitrogens with one attached hydrogen (secondary N) is 2. The molecule has 2 amide bonds. The predicted octanol–water partition coefficient (Wildman–Crippen LogP) is 2.48. The lowest BCUT2D eigenvalue weighted by molar-refractivity contribution is -0.145. The summed E-state index contributed by atoms with van der Waals surface area (Å²) in [6.07, 6.45) is 4.36. The first-order valence-electron chi connectivity index (χ1n) is 9.26. The molecule has 0 radical (unpaired) electrons. The molecule has 5 heteroatoms. The molecule has 0 spiro atoms. The molecule has 0 unspecified atom stereocenters. The van der Waals surface area contributed by atoms with Crippen molar-refractivity contribution >= 4 is 17.5 Å². The van der Waals surface area contributed by atoms with Crippen LogP contribution in [0.15, 0.2) is 18.2 Å². The van der Waals surface area contributed by atoms with Gasteiger partial charge in [-0.05, 0) is 56.3 Å². The maximum atomic E-state index is 13.1. The number of likely N-dealkylation sites (N-methyl/N-ethyl adjacent to an activating group) is 1. The van der Waals surface area contributed by atoms with Gasteiger partial charge in [0.2, 0.25) is 11.8 Å². The fourth-order valence-electron chi connectivity index (χ4n) is 4.41. The number of hydrogen-bond donors (Lipinski definition) is 2. The summed E-state index contributed by atoms with van der Waals surface area (Å²) in [5.74, 6) is 0.399. The van der Waals surface area contributed by atoms with Gasteiger partial charge in [0.05, 0.1) is 12.0 Å². The van der Waals surface area contributed by atoms with E-state index in [0.717, 1.165) is 49.2 Å². The van der Waals surface area contributed by atoms with Crippen molar-refractivity contribution in [2.45, 2.75) is 39.5 Å². The molecule has 5 nitrogen and oxygen atoms in total. The molecule has 0 aromatic heterocycles. The molecule has 1 aromatic carbocycles. The van der Waals surface area contributed by atoms with Gasteiger partial charge < -0.3 is 15.5 Å². The van der Waals surface area contributed by atoms with E-state index in [9.17, 15) is 9.59 Å². The van der Waals surface area contributed by atoms with E-state index in [2.05, 4.69) is 10.6 Å². The third kappa shape index (κ3) is 3.43. The van der Waals surface area contributed by atoms with Gasteiger partial charge in [0.15, 0.2) is 0 Å². The maximum Gasteiger partial charge on any atom is 0.243 e. The van der Waals surface area contributed by atoms with Crippen LogP contribution >= 0.6 is 0 Å². The number of hydrogen-bond acceptors (Lipinski definition) is 3. The number of aryl methyl sites for hydroxylation is 1. The fourth-order valence-corrected chi connectivity index (χ4v) is 4.41. The number of nitrogens with zero attached hydrogens (tertiary/aromatic N) is 1. The average molecular weight is 343 g/mol. The van der Waals surface area contributed by atoms with Crippen LogP contribution in [0.1, 0.15) is 36.8 Å². The Morgan fingerprint density at radius 2 is 2.12 bits per heavy atom. The zero-order valence-electron chi connectivity index (χ0n) is 15.5. The molecule has 1 aromatic rings. The van der Waals surface area contributed by atoms with Crippen molar-refractivity contribution in [2.75, 3.05) is 32.0 Å². The Balaban J connectivity index is 1.65. The summed E-state index contributed by atoms with van der Waals surface area (Å²) in [4.78, 5) is 27.2. The molecule has 1 saturated carbocycles. The highest BCUT2D eigenvalue weighted by Crippen LogP contribution is 2.44. The molecule has 0 bridgehead atoms. The Hall–Kier alpha value is -1.88. The van der Waals surface area contributed by atoms with Gasteiger partial charge in [-0.25, -0.2) is 0 Å². The van der Waals surface area contributed by atoms with Crippen molar-refractivity contribution < 1.29 is 9.59 Å². The average Bonchev–Trinajstić information content (AvgIpc) is 3.03. The van der Waals surface area contributed by atoms with Crippen molar-refractivity contribution in [3.05, 3.63) is 29.3 Å². The third-order valence-corrected chi connectivity index (χ3v) is 6.07. The number of anilines is 1. The van der Waals surface area contributed by atoms with Crippen LogP contribution in [0.25, 0.3) is 0 Å². The summed E-state index contributed by atoms with van der Waals surface area (Å²) in [7, 11) is 1.75. The summed E-state index contributed by atoms with van der Waals surface area (Å²) in [6.45, 7) is 5.79. The monoisotopic (exact) mass is 343 g/mol. The van der Waals surface area contributed by atoms with Gasteiger partial charge in [-0.3, -0.25) is 9.59 Å². The fraction of sp³-hybridized carbons (Fsp3) is 0.600. The highest BCUT2D eigenvalue weighted by molar-refractivity contribution is 5.96. The lowest BCUT2D eigenvalue weighted by Crippen LogP contribution is -2.50. The van der Waals surface area contributed by atoms with E-state index in [0.29, 0.717) is 5.92 Å². The molecule has 25 heavy (non-hydrogen) atoms. The van der Waals surface area contributed by atoms with E-state index in [1.165, 1.54) is 6.42 Å². The number of carbonyl (C=O) groups excluding carboxylic acids is 2. The number of amides is 2. The van der Waals surface area contributed by atoms with Crippen LogP contribution in [0.4, 0.5) is 5.69 Å². The number of rotatable bonds is 4. The molecule has 1 aliphatic heterocycles. The molecule has 2 fully saturated rings. The molecular formula is C20H29N3O2. The van der Waals surface area contributed by atoms with Gasteiger partial charge in [-0.2, -0.15) is 0 Å². The quantitative estimate of drug-likeness (QED) is 0.883. The zero-order valence-corrected chi connectivity index (χ0v) is 15.5. The van der Waals surface area contributed by atoms with Crippen LogP contribution in [0.2, 0.25) is 0 Å². The number of benzene rings is 1. The van der Waals surface area contributed by atoms with Crippen molar-refractivity contribution in [2.24, 2.45) is 11.3 Å². The van der Waals surface area contributed by atoms with E-state index in [1.54, 1.807) is 11.9 Å². The Labute approximate surface area is 150 Å². The topological polar surface area (TPSA) is 61.4 Å². The normalized spacial score (nSPS) is 25.3. The minimum Gasteiger partial charge on any atom is -0.336 e. The highest BCUT2D eigenvalue weighted by atomic mass is 16.2. The van der Waals surface area contributed by atoms with E-state index in [-0.39, 0.29) is 23.8 Å². The minimum atomic E-state index is -0.299. The van der Waals surface area contributed by atoms with E-state index in [1.807, 2.05) is 32.0 Å². The highest BCUT2D eigenvalue weighted by Gasteiger charge is 2.50. The standard InChI is InChI=1S/C20H29N3O2/c1-14-7-6-9-17(15(14)2)22-18(24)12-23(3)19(25)20-10-5-4-8-16(20)11-21-13-20/h6-7,9,16,21H,4-5,8,10-13H2,1-3H3,(H,22,24)/t16-,20+/m0/s1. The maximum absolute atomic E-state index is 13.1. The van der Waals surface area contributed by atoms with Crippen LogP contribution in [0.3, 0.4) is 0 Å². The van der Waals surface area contributed by atoms with Crippen LogP contribution in [0.5, 0.6) is 0 Å². The molecule has 1 heterocycles. The lowest BCUT2D eigenvalue weighted by atomic mass is 9.67. The van der Waals surface area contributed by atoms with Crippen LogP contribution in [0, 0.1) is 25.2 Å². The zero-order chi connectivity index (χ0) is 18.0. The van der Waals surface area contributed by atoms with Crippen molar-refractivity contribution in [1.29, 1.82) is 0 Å². The van der Waals surface area contributed by atoms with E-state index in [4.69, 9.17) is 0 Å². The van der Waals surface area contributed by atoms with E-state index < -0.39 is 0 Å². The largest absolute Gasteiger partial charge is 0.336 e. The number of carbonyl (C=O) groups is 2. The lowest BCUT2D eigenvalue weighted by Gasteiger charge is -2.39. The van der Waals surface area contributed by atoms with Crippen molar-refractivity contribution in [1.82, 2.24) is 10.2 Å². The minimum absolute atomic E-state index is 0.0979. The summed E-state index contributed by atoms with van der Waals surface area (Å²) in [6, 6.07) is 5.86. The van der Waals surface area contributed by atoms with Crippen molar-refractivity contribution in [3.63, 3.8) is 0 Å². The van der Waals surface area contributed by atoms with Gasteiger partial charge in [0.1, 0.15) is 0 Å². The van der Waals surface area contributed by atoms with Gasteiger partial charge in [0, 0.05) is 19.3 Å². The Morgan fingerprint density at radius 1 is 1.32 bits per heavy atom. The van der Waals surface area contributed by atoms with Crippen LogP contribution in [-0.2, 0) is 9.59 Å². The second-order valence-electron chi connectivity index (χ2n) is 7.69.